The van der Waals surface area contributed by atoms with Crippen molar-refractivity contribution in [2.75, 3.05) is 6.61 Å². The van der Waals surface area contributed by atoms with Crippen LogP contribution >= 0.6 is 0 Å². The maximum atomic E-state index is 12.0. The van der Waals surface area contributed by atoms with Gasteiger partial charge in [-0.25, -0.2) is 4.98 Å². The van der Waals surface area contributed by atoms with Crippen LogP contribution < -0.4 is 5.32 Å². The van der Waals surface area contributed by atoms with E-state index >= 15 is 0 Å². The fourth-order valence-corrected chi connectivity index (χ4v) is 1.86. The second-order valence-corrected chi connectivity index (χ2v) is 4.74. The first kappa shape index (κ1) is 11.2. The molecule has 1 aliphatic carbocycles. The average molecular weight is 247 g/mol. The molecule has 1 aliphatic rings. The van der Waals surface area contributed by atoms with Gasteiger partial charge in [0.1, 0.15) is 0 Å². The van der Waals surface area contributed by atoms with E-state index in [2.05, 4.69) is 15.5 Å². The SMILES string of the molecule is Cc1noc2ncc(C(=O)NC3(CO)CC3)cc12. The van der Waals surface area contributed by atoms with E-state index in [-0.39, 0.29) is 12.5 Å². The Hall–Kier alpha value is -1.95. The lowest BCUT2D eigenvalue weighted by Crippen LogP contribution is -2.39. The monoisotopic (exact) mass is 247 g/mol. The van der Waals surface area contributed by atoms with Gasteiger partial charge in [-0.3, -0.25) is 4.79 Å². The summed E-state index contributed by atoms with van der Waals surface area (Å²) >= 11 is 0. The fourth-order valence-electron chi connectivity index (χ4n) is 1.86. The van der Waals surface area contributed by atoms with Crippen molar-refractivity contribution in [2.24, 2.45) is 0 Å². The number of hydrogen-bond acceptors (Lipinski definition) is 5. The van der Waals surface area contributed by atoms with Crippen LogP contribution in [0, 0.1) is 6.92 Å². The number of carbonyl (C=O) groups is 1. The van der Waals surface area contributed by atoms with Gasteiger partial charge >= 0.3 is 0 Å². The summed E-state index contributed by atoms with van der Waals surface area (Å²) in [6.07, 6.45) is 3.09. The highest BCUT2D eigenvalue weighted by Gasteiger charge is 2.43. The molecule has 0 aromatic carbocycles. The van der Waals surface area contributed by atoms with Gasteiger partial charge in [-0.05, 0) is 25.8 Å². The van der Waals surface area contributed by atoms with E-state index in [1.165, 1.54) is 6.20 Å². The lowest BCUT2D eigenvalue weighted by Gasteiger charge is -2.13. The molecule has 0 saturated heterocycles. The summed E-state index contributed by atoms with van der Waals surface area (Å²) in [5.41, 5.74) is 1.16. The predicted molar refractivity (Wildman–Crippen MR) is 63.1 cm³/mol. The number of pyridine rings is 1. The molecule has 6 nitrogen and oxygen atoms in total. The third-order valence-electron chi connectivity index (χ3n) is 3.31. The van der Waals surface area contributed by atoms with Crippen LogP contribution in [0.15, 0.2) is 16.8 Å². The maximum Gasteiger partial charge on any atom is 0.257 e. The Morgan fingerprint density at radius 2 is 2.39 bits per heavy atom. The molecule has 1 fully saturated rings. The summed E-state index contributed by atoms with van der Waals surface area (Å²) in [6.45, 7) is 1.77. The number of carbonyl (C=O) groups excluding carboxylic acids is 1. The van der Waals surface area contributed by atoms with Gasteiger partial charge in [0, 0.05) is 6.20 Å². The van der Waals surface area contributed by atoms with Crippen molar-refractivity contribution in [3.8, 4) is 0 Å². The summed E-state index contributed by atoms with van der Waals surface area (Å²) in [5, 5.41) is 16.5. The van der Waals surface area contributed by atoms with Crippen molar-refractivity contribution >= 4 is 17.0 Å². The van der Waals surface area contributed by atoms with Crippen LogP contribution in [-0.2, 0) is 0 Å². The number of aromatic nitrogens is 2. The highest BCUT2D eigenvalue weighted by atomic mass is 16.5. The van der Waals surface area contributed by atoms with Crippen LogP contribution in [0.4, 0.5) is 0 Å². The van der Waals surface area contributed by atoms with E-state index in [0.29, 0.717) is 17.0 Å². The van der Waals surface area contributed by atoms with E-state index in [1.807, 2.05) is 0 Å². The molecule has 94 valence electrons. The van der Waals surface area contributed by atoms with Gasteiger partial charge in [-0.1, -0.05) is 5.16 Å². The summed E-state index contributed by atoms with van der Waals surface area (Å²) in [5.74, 6) is -0.225. The average Bonchev–Trinajstić information content (AvgIpc) is 3.07. The Labute approximate surface area is 103 Å². The third kappa shape index (κ3) is 1.74. The Balaban J connectivity index is 1.89. The number of nitrogens with one attached hydrogen (secondary N) is 1. The number of aliphatic hydroxyl groups is 1. The number of rotatable bonds is 3. The van der Waals surface area contributed by atoms with Gasteiger partial charge in [0.05, 0.1) is 28.8 Å². The third-order valence-corrected chi connectivity index (χ3v) is 3.31. The number of amides is 1. The first-order valence-electron chi connectivity index (χ1n) is 5.79. The van der Waals surface area contributed by atoms with Crippen molar-refractivity contribution in [2.45, 2.75) is 25.3 Å². The molecule has 3 rings (SSSR count). The summed E-state index contributed by atoms with van der Waals surface area (Å²) < 4.78 is 4.99. The molecule has 1 amide bonds. The van der Waals surface area contributed by atoms with Crippen LogP contribution in [0.3, 0.4) is 0 Å². The van der Waals surface area contributed by atoms with Gasteiger partial charge in [-0.2, -0.15) is 0 Å². The van der Waals surface area contributed by atoms with Gasteiger partial charge in [-0.15, -0.1) is 0 Å². The van der Waals surface area contributed by atoms with Crippen molar-refractivity contribution in [3.05, 3.63) is 23.5 Å². The molecule has 18 heavy (non-hydrogen) atoms. The zero-order chi connectivity index (χ0) is 12.8. The minimum atomic E-state index is -0.421. The van der Waals surface area contributed by atoms with E-state index < -0.39 is 5.54 Å². The zero-order valence-electron chi connectivity index (χ0n) is 9.93. The maximum absolute atomic E-state index is 12.0. The van der Waals surface area contributed by atoms with Crippen molar-refractivity contribution in [3.63, 3.8) is 0 Å². The molecular formula is C12H13N3O3. The molecule has 0 atom stereocenters. The Bertz CT molecular complexity index is 616. The van der Waals surface area contributed by atoms with Crippen LogP contribution in [0.1, 0.15) is 28.9 Å². The lowest BCUT2D eigenvalue weighted by molar-refractivity contribution is 0.0906. The summed E-state index contributed by atoms with van der Waals surface area (Å²) in [6, 6.07) is 1.71. The predicted octanol–water partition coefficient (Wildman–Crippen LogP) is 0.786. The van der Waals surface area contributed by atoms with Gasteiger partial charge in [0.15, 0.2) is 0 Å². The van der Waals surface area contributed by atoms with Gasteiger partial charge < -0.3 is 14.9 Å². The van der Waals surface area contributed by atoms with E-state index in [4.69, 9.17) is 4.52 Å². The number of hydrogen-bond donors (Lipinski definition) is 2. The minimum Gasteiger partial charge on any atom is -0.394 e. The normalized spacial score (nSPS) is 16.8. The molecule has 1 saturated carbocycles. The van der Waals surface area contributed by atoms with E-state index in [1.54, 1.807) is 13.0 Å². The molecule has 0 radical (unpaired) electrons. The molecule has 0 unspecified atom stereocenters. The largest absolute Gasteiger partial charge is 0.394 e. The minimum absolute atomic E-state index is 0.0271. The molecule has 2 N–H and O–H groups in total. The van der Waals surface area contributed by atoms with Crippen molar-refractivity contribution in [1.82, 2.24) is 15.5 Å². The molecular weight excluding hydrogens is 234 g/mol. The number of aryl methyl sites for hydroxylation is 1. The van der Waals surface area contributed by atoms with Crippen LogP contribution in [0.2, 0.25) is 0 Å². The quantitative estimate of drug-likeness (QED) is 0.837. The van der Waals surface area contributed by atoms with Gasteiger partial charge in [0.2, 0.25) is 0 Å². The highest BCUT2D eigenvalue weighted by Crippen LogP contribution is 2.34. The molecule has 2 aromatic heterocycles. The van der Waals surface area contributed by atoms with Crippen LogP contribution in [0.5, 0.6) is 0 Å². The van der Waals surface area contributed by atoms with Crippen LogP contribution in [-0.4, -0.2) is 33.3 Å². The molecule has 2 heterocycles. The molecule has 0 spiro atoms. The van der Waals surface area contributed by atoms with E-state index in [9.17, 15) is 9.90 Å². The Morgan fingerprint density at radius 3 is 3.06 bits per heavy atom. The summed E-state index contributed by atoms with van der Waals surface area (Å²) in [4.78, 5) is 16.1. The zero-order valence-corrected chi connectivity index (χ0v) is 9.93. The topological polar surface area (TPSA) is 88.2 Å². The number of nitrogens with zero attached hydrogens (tertiary/aromatic N) is 2. The Morgan fingerprint density at radius 1 is 1.61 bits per heavy atom. The van der Waals surface area contributed by atoms with Crippen LogP contribution in [0.25, 0.3) is 11.1 Å². The molecule has 0 aliphatic heterocycles. The fraction of sp³-hybridized carbons (Fsp3) is 0.417. The standard InChI is InChI=1S/C12H13N3O3/c1-7-9-4-8(5-13-11(9)18-15-7)10(17)14-12(6-16)2-3-12/h4-5,16H,2-3,6H2,1H3,(H,14,17). The molecule has 2 aromatic rings. The van der Waals surface area contributed by atoms with Gasteiger partial charge in [0.25, 0.3) is 11.6 Å². The highest BCUT2D eigenvalue weighted by molar-refractivity contribution is 5.97. The second kappa shape index (κ2) is 3.78. The first-order valence-corrected chi connectivity index (χ1v) is 5.79. The summed E-state index contributed by atoms with van der Waals surface area (Å²) in [7, 11) is 0. The Kier molecular flexibility index (Phi) is 2.34. The van der Waals surface area contributed by atoms with Crippen molar-refractivity contribution in [1.29, 1.82) is 0 Å². The second-order valence-electron chi connectivity index (χ2n) is 4.74. The van der Waals surface area contributed by atoms with Crippen molar-refractivity contribution < 1.29 is 14.4 Å². The lowest BCUT2D eigenvalue weighted by atomic mass is 10.2. The molecule has 0 bridgehead atoms. The van der Waals surface area contributed by atoms with E-state index in [0.717, 1.165) is 18.2 Å². The number of fused-ring (bicyclic) bond motifs is 1. The smallest absolute Gasteiger partial charge is 0.257 e. The molecule has 6 heteroatoms. The number of aliphatic hydroxyl groups excluding tert-OH is 1. The first-order chi connectivity index (χ1) is 8.63.